The van der Waals surface area contributed by atoms with Gasteiger partial charge in [-0.2, -0.15) is 0 Å². The lowest BCUT2D eigenvalue weighted by molar-refractivity contribution is -0.0432. The fourth-order valence-corrected chi connectivity index (χ4v) is 2.47. The second kappa shape index (κ2) is 4.53. The van der Waals surface area contributed by atoms with Gasteiger partial charge in [-0.15, -0.1) is 0 Å². The van der Waals surface area contributed by atoms with Gasteiger partial charge < -0.3 is 25.7 Å². The lowest BCUT2D eigenvalue weighted by Crippen LogP contribution is -2.24. The number of nitrogens with one attached hydrogen (secondary N) is 1. The maximum Gasteiger partial charge on any atom is 0.200 e. The van der Waals surface area contributed by atoms with Gasteiger partial charge >= 0.3 is 0 Å². The van der Waals surface area contributed by atoms with Gasteiger partial charge in [0.25, 0.3) is 0 Å². The molecule has 0 saturated carbocycles. The van der Waals surface area contributed by atoms with Crippen molar-refractivity contribution < 1.29 is 14.9 Å². The summed E-state index contributed by atoms with van der Waals surface area (Å²) >= 11 is 5.08. The Morgan fingerprint density at radius 1 is 1.63 bits per heavy atom. The molecule has 102 valence electrons. The van der Waals surface area contributed by atoms with E-state index in [4.69, 9.17) is 27.8 Å². The van der Waals surface area contributed by atoms with Gasteiger partial charge in [-0.3, -0.25) is 4.57 Å². The summed E-state index contributed by atoms with van der Waals surface area (Å²) in [5.74, 6) is 0.191. The predicted octanol–water partition coefficient (Wildman–Crippen LogP) is -0.288. The van der Waals surface area contributed by atoms with Crippen LogP contribution in [-0.2, 0) is 4.74 Å². The van der Waals surface area contributed by atoms with E-state index in [1.54, 1.807) is 10.9 Å². The third-order valence-corrected chi connectivity index (χ3v) is 3.44. The normalized spacial score (nSPS) is 27.2. The molecular weight excluding hydrogens is 270 g/mol. The molecule has 1 fully saturated rings. The van der Waals surface area contributed by atoms with Crippen LogP contribution in [0.3, 0.4) is 0 Å². The maximum absolute atomic E-state index is 9.75. The number of hydrogen-bond donors (Lipinski definition) is 4. The van der Waals surface area contributed by atoms with Crippen LogP contribution in [0.2, 0.25) is 0 Å². The number of nitrogens with zero attached hydrogens (tertiary/aromatic N) is 3. The molecular formula is C10H13N5O3S. The number of ether oxygens (including phenoxy) is 1. The quantitative estimate of drug-likeness (QED) is 0.559. The van der Waals surface area contributed by atoms with Gasteiger partial charge in [-0.05, 0) is 0 Å². The molecule has 0 aromatic carbocycles. The SMILES string of the molecule is Nc1nc(=S)c2ncn([C@H]3C[C@H](O)[C@@H](CO)O3)c2[nH]1. The summed E-state index contributed by atoms with van der Waals surface area (Å²) < 4.78 is 7.57. The summed E-state index contributed by atoms with van der Waals surface area (Å²) in [6.45, 7) is -0.232. The molecule has 1 aliphatic rings. The number of hydrogen-bond acceptors (Lipinski definition) is 7. The lowest BCUT2D eigenvalue weighted by atomic mass is 10.2. The number of aliphatic hydroxyl groups is 2. The number of nitrogens with two attached hydrogens (primary N) is 1. The summed E-state index contributed by atoms with van der Waals surface area (Å²) in [6, 6.07) is 0. The maximum atomic E-state index is 9.75. The second-order valence-electron chi connectivity index (χ2n) is 4.39. The molecule has 3 rings (SSSR count). The van der Waals surface area contributed by atoms with Crippen LogP contribution in [0.1, 0.15) is 12.6 Å². The van der Waals surface area contributed by atoms with Crippen LogP contribution in [0, 0.1) is 4.64 Å². The Hall–Kier alpha value is -1.55. The van der Waals surface area contributed by atoms with Gasteiger partial charge in [-0.25, -0.2) is 9.97 Å². The molecule has 0 radical (unpaired) electrons. The monoisotopic (exact) mass is 283 g/mol. The summed E-state index contributed by atoms with van der Waals surface area (Å²) in [5, 5.41) is 18.8. The summed E-state index contributed by atoms with van der Waals surface area (Å²) in [6.07, 6.45) is 0.179. The summed E-state index contributed by atoms with van der Waals surface area (Å²) in [4.78, 5) is 11.0. The molecule has 3 heterocycles. The molecule has 1 saturated heterocycles. The fourth-order valence-electron chi connectivity index (χ4n) is 2.22. The first kappa shape index (κ1) is 12.5. The minimum Gasteiger partial charge on any atom is -0.394 e. The molecule has 0 bridgehead atoms. The fraction of sp³-hybridized carbons (Fsp3) is 0.500. The summed E-state index contributed by atoms with van der Waals surface area (Å²) in [5.41, 5.74) is 6.74. The Balaban J connectivity index is 2.05. The smallest absolute Gasteiger partial charge is 0.200 e. The highest BCUT2D eigenvalue weighted by molar-refractivity contribution is 7.71. The van der Waals surface area contributed by atoms with Crippen LogP contribution in [0.15, 0.2) is 6.33 Å². The van der Waals surface area contributed by atoms with E-state index in [1.165, 1.54) is 0 Å². The van der Waals surface area contributed by atoms with Crippen molar-refractivity contribution in [2.24, 2.45) is 0 Å². The van der Waals surface area contributed by atoms with Crippen molar-refractivity contribution in [2.75, 3.05) is 12.3 Å². The van der Waals surface area contributed by atoms with Gasteiger partial charge in [0.15, 0.2) is 10.6 Å². The van der Waals surface area contributed by atoms with Crippen molar-refractivity contribution in [1.29, 1.82) is 0 Å². The molecule has 8 nitrogen and oxygen atoms in total. The van der Waals surface area contributed by atoms with Crippen LogP contribution in [0.4, 0.5) is 5.95 Å². The van der Waals surface area contributed by atoms with Gasteiger partial charge in [0, 0.05) is 6.42 Å². The molecule has 2 aromatic rings. The first-order chi connectivity index (χ1) is 9.10. The van der Waals surface area contributed by atoms with Crippen LogP contribution < -0.4 is 5.73 Å². The van der Waals surface area contributed by atoms with E-state index < -0.39 is 18.4 Å². The molecule has 19 heavy (non-hydrogen) atoms. The van der Waals surface area contributed by atoms with E-state index in [9.17, 15) is 5.11 Å². The van der Waals surface area contributed by atoms with E-state index >= 15 is 0 Å². The van der Waals surface area contributed by atoms with E-state index in [0.29, 0.717) is 22.2 Å². The van der Waals surface area contributed by atoms with Crippen molar-refractivity contribution in [3.8, 4) is 0 Å². The second-order valence-corrected chi connectivity index (χ2v) is 4.78. The molecule has 0 amide bonds. The van der Waals surface area contributed by atoms with E-state index in [2.05, 4.69) is 15.0 Å². The molecule has 0 aliphatic carbocycles. The Morgan fingerprint density at radius 3 is 3.11 bits per heavy atom. The first-order valence-corrected chi connectivity index (χ1v) is 6.17. The zero-order chi connectivity index (χ0) is 13.6. The Kier molecular flexibility index (Phi) is 2.97. The topological polar surface area (TPSA) is 122 Å². The van der Waals surface area contributed by atoms with E-state index in [-0.39, 0.29) is 12.6 Å². The number of aliphatic hydroxyl groups excluding tert-OH is 2. The molecule has 9 heteroatoms. The molecule has 1 aliphatic heterocycles. The van der Waals surface area contributed by atoms with Gasteiger partial charge in [0.05, 0.1) is 19.0 Å². The number of H-pyrrole nitrogens is 1. The summed E-state index contributed by atoms with van der Waals surface area (Å²) in [7, 11) is 0. The lowest BCUT2D eigenvalue weighted by Gasteiger charge is -2.13. The number of nitrogen functional groups attached to an aromatic ring is 1. The highest BCUT2D eigenvalue weighted by Crippen LogP contribution is 2.30. The van der Waals surface area contributed by atoms with Crippen molar-refractivity contribution in [1.82, 2.24) is 19.5 Å². The number of rotatable bonds is 2. The molecule has 0 unspecified atom stereocenters. The van der Waals surface area contributed by atoms with Gasteiger partial charge in [0.2, 0.25) is 0 Å². The highest BCUT2D eigenvalue weighted by atomic mass is 32.1. The average molecular weight is 283 g/mol. The zero-order valence-electron chi connectivity index (χ0n) is 9.85. The number of fused-ring (bicyclic) bond motifs is 1. The van der Waals surface area contributed by atoms with Gasteiger partial charge in [-0.1, -0.05) is 12.2 Å². The average Bonchev–Trinajstić information content (AvgIpc) is 2.92. The van der Waals surface area contributed by atoms with Crippen molar-refractivity contribution in [3.63, 3.8) is 0 Å². The molecule has 5 N–H and O–H groups in total. The molecule has 3 atom stereocenters. The Morgan fingerprint density at radius 2 is 2.42 bits per heavy atom. The van der Waals surface area contributed by atoms with Crippen LogP contribution in [-0.4, -0.2) is 48.5 Å². The van der Waals surface area contributed by atoms with Crippen molar-refractivity contribution in [2.45, 2.75) is 24.9 Å². The van der Waals surface area contributed by atoms with Crippen LogP contribution in [0.25, 0.3) is 11.2 Å². The standard InChI is InChI=1S/C10H13N5O3S/c11-10-13-8-7(9(19)14-10)12-3-15(8)6-1-4(17)5(2-16)18-6/h3-6,16-17H,1-2H2,(H3,11,13,14,19)/t4-,5+,6+/m0/s1. The van der Waals surface area contributed by atoms with Crippen molar-refractivity contribution >= 4 is 29.3 Å². The van der Waals surface area contributed by atoms with E-state index in [0.717, 1.165) is 0 Å². The van der Waals surface area contributed by atoms with Crippen molar-refractivity contribution in [3.05, 3.63) is 11.0 Å². The van der Waals surface area contributed by atoms with Gasteiger partial charge in [0.1, 0.15) is 23.5 Å². The van der Waals surface area contributed by atoms with Crippen LogP contribution >= 0.6 is 12.2 Å². The number of aromatic nitrogens is 4. The third kappa shape index (κ3) is 2.00. The Labute approximate surface area is 112 Å². The number of imidazole rings is 1. The molecule has 2 aromatic heterocycles. The first-order valence-electron chi connectivity index (χ1n) is 5.77. The largest absolute Gasteiger partial charge is 0.394 e. The molecule has 0 spiro atoms. The Bertz CT molecular complexity index is 669. The number of aromatic amines is 1. The highest BCUT2D eigenvalue weighted by Gasteiger charge is 2.35. The van der Waals surface area contributed by atoms with E-state index in [1.807, 2.05) is 0 Å². The minimum absolute atomic E-state index is 0.191. The minimum atomic E-state index is -0.713. The predicted molar refractivity (Wildman–Crippen MR) is 68.7 cm³/mol. The van der Waals surface area contributed by atoms with Crippen LogP contribution in [0.5, 0.6) is 0 Å². The number of anilines is 1. The zero-order valence-corrected chi connectivity index (χ0v) is 10.7. The third-order valence-electron chi connectivity index (χ3n) is 3.16.